The molecule has 3 aromatic carbocycles. The van der Waals surface area contributed by atoms with Crippen molar-refractivity contribution in [3.8, 4) is 0 Å². The maximum absolute atomic E-state index is 13.2. The van der Waals surface area contributed by atoms with Gasteiger partial charge in [0.1, 0.15) is 5.71 Å². The molecule has 0 spiro atoms. The van der Waals surface area contributed by atoms with Crippen molar-refractivity contribution in [2.24, 2.45) is 4.99 Å². The maximum atomic E-state index is 13.2. The Morgan fingerprint density at radius 2 is 1.65 bits per heavy atom. The summed E-state index contributed by atoms with van der Waals surface area (Å²) < 4.78 is 0. The Morgan fingerprint density at radius 3 is 2.43 bits per heavy atom. The van der Waals surface area contributed by atoms with Crippen LogP contribution in [0, 0.1) is 0 Å². The van der Waals surface area contributed by atoms with Crippen molar-refractivity contribution in [1.29, 1.82) is 0 Å². The molecule has 184 valence electrons. The number of aromatic nitrogens is 1. The number of fused-ring (bicyclic) bond motifs is 1. The molecule has 5 rings (SSSR count). The summed E-state index contributed by atoms with van der Waals surface area (Å²) in [6.07, 6.45) is 3.72. The number of hydrogen-bond donors (Lipinski definition) is 3. The van der Waals surface area contributed by atoms with Crippen LogP contribution < -0.4 is 15.9 Å². The summed E-state index contributed by atoms with van der Waals surface area (Å²) in [4.78, 5) is 50.8. The molecule has 2 heterocycles. The summed E-state index contributed by atoms with van der Waals surface area (Å²) in [6.45, 7) is 0.299. The number of carbonyl (C=O) groups excluding carboxylic acids is 3. The summed E-state index contributed by atoms with van der Waals surface area (Å²) >= 11 is 0. The molecule has 4 aromatic rings. The number of carbonyl (C=O) groups is 3. The first-order valence-electron chi connectivity index (χ1n) is 11.6. The third-order valence-corrected chi connectivity index (χ3v) is 5.80. The fourth-order valence-corrected chi connectivity index (χ4v) is 3.94. The first-order valence-corrected chi connectivity index (χ1v) is 11.6. The van der Waals surface area contributed by atoms with Crippen molar-refractivity contribution in [1.82, 2.24) is 15.9 Å². The van der Waals surface area contributed by atoms with Crippen LogP contribution in [-0.2, 0) is 20.8 Å². The first-order chi connectivity index (χ1) is 18.1. The number of benzene rings is 3. The van der Waals surface area contributed by atoms with E-state index in [4.69, 9.17) is 4.84 Å². The smallest absolute Gasteiger partial charge is 0.361 e. The van der Waals surface area contributed by atoms with Gasteiger partial charge in [-0.1, -0.05) is 60.2 Å². The van der Waals surface area contributed by atoms with E-state index >= 15 is 0 Å². The Hall–Kier alpha value is -5.02. The number of nitrogens with one attached hydrogen (secondary N) is 3. The summed E-state index contributed by atoms with van der Waals surface area (Å²) in [5.74, 6) is -1.91. The highest BCUT2D eigenvalue weighted by Crippen LogP contribution is 2.22. The molecule has 9 heteroatoms. The lowest BCUT2D eigenvalue weighted by Crippen LogP contribution is -2.34. The van der Waals surface area contributed by atoms with E-state index in [9.17, 15) is 14.4 Å². The molecule has 1 aliphatic rings. The lowest BCUT2D eigenvalue weighted by molar-refractivity contribution is -0.140. The minimum atomic E-state index is -0.713. The molecule has 1 saturated heterocycles. The van der Waals surface area contributed by atoms with Crippen molar-refractivity contribution in [2.75, 3.05) is 11.6 Å². The van der Waals surface area contributed by atoms with Gasteiger partial charge in [0, 0.05) is 35.3 Å². The van der Waals surface area contributed by atoms with Gasteiger partial charge in [0.05, 0.1) is 5.69 Å². The van der Waals surface area contributed by atoms with E-state index in [1.54, 1.807) is 54.6 Å². The zero-order chi connectivity index (χ0) is 25.6. The number of anilines is 1. The van der Waals surface area contributed by atoms with Gasteiger partial charge < -0.3 is 15.1 Å². The average Bonchev–Trinajstić information content (AvgIpc) is 3.52. The second kappa shape index (κ2) is 10.7. The van der Waals surface area contributed by atoms with Crippen LogP contribution in [0.25, 0.3) is 10.9 Å². The number of para-hydroxylation sites is 2. The molecule has 0 atom stereocenters. The highest BCUT2D eigenvalue weighted by Gasteiger charge is 2.30. The number of hydrogen-bond acceptors (Lipinski definition) is 6. The van der Waals surface area contributed by atoms with E-state index < -0.39 is 17.8 Å². The molecule has 1 fully saturated rings. The minimum absolute atomic E-state index is 0.0117. The number of rotatable bonds is 7. The van der Waals surface area contributed by atoms with Crippen molar-refractivity contribution in [2.45, 2.75) is 6.42 Å². The molecule has 0 radical (unpaired) electrons. The van der Waals surface area contributed by atoms with Gasteiger partial charge in [-0.05, 0) is 42.3 Å². The summed E-state index contributed by atoms with van der Waals surface area (Å²) in [7, 11) is 0. The Kier molecular flexibility index (Phi) is 6.87. The summed E-state index contributed by atoms with van der Waals surface area (Å²) in [5, 5.41) is 5.27. The van der Waals surface area contributed by atoms with E-state index in [-0.39, 0.29) is 11.4 Å². The van der Waals surface area contributed by atoms with Gasteiger partial charge in [-0.15, -0.1) is 0 Å². The van der Waals surface area contributed by atoms with E-state index in [1.807, 2.05) is 36.5 Å². The minimum Gasteiger partial charge on any atom is -0.361 e. The van der Waals surface area contributed by atoms with Gasteiger partial charge >= 0.3 is 5.97 Å². The number of nitrogens with zero attached hydrogens (tertiary/aromatic N) is 2. The van der Waals surface area contributed by atoms with Gasteiger partial charge in [-0.2, -0.15) is 0 Å². The molecule has 1 aromatic heterocycles. The molecular weight excluding hydrogens is 470 g/mol. The Bertz CT molecular complexity index is 1510. The number of aromatic amines is 1. The molecule has 0 saturated carbocycles. The highest BCUT2D eigenvalue weighted by atomic mass is 16.7. The molecule has 2 amide bonds. The van der Waals surface area contributed by atoms with Crippen molar-refractivity contribution in [3.05, 3.63) is 114 Å². The van der Waals surface area contributed by atoms with Crippen LogP contribution in [0.2, 0.25) is 0 Å². The van der Waals surface area contributed by atoms with E-state index in [2.05, 4.69) is 20.9 Å². The Morgan fingerprint density at radius 1 is 0.946 bits per heavy atom. The number of hydrazine groups is 1. The number of aliphatic imine (C=N–C) groups is 1. The van der Waals surface area contributed by atoms with Crippen LogP contribution >= 0.6 is 0 Å². The van der Waals surface area contributed by atoms with Crippen LogP contribution in [0.4, 0.5) is 5.69 Å². The van der Waals surface area contributed by atoms with Gasteiger partial charge in [0.15, 0.2) is 5.70 Å². The predicted molar refractivity (Wildman–Crippen MR) is 139 cm³/mol. The zero-order valence-electron chi connectivity index (χ0n) is 19.7. The first kappa shape index (κ1) is 23.7. The molecule has 1 aliphatic heterocycles. The SMILES string of the molecule is O=C(NCCc1c[nH]c2ccccc12)C(/C=C1\C(=O)ONN1c1ccccc1)=NC(=O)c1ccccc1. The monoisotopic (exact) mass is 493 g/mol. The molecule has 3 N–H and O–H groups in total. The van der Waals surface area contributed by atoms with Crippen LogP contribution in [0.3, 0.4) is 0 Å². The number of amides is 2. The highest BCUT2D eigenvalue weighted by molar-refractivity contribution is 6.45. The Labute approximate surface area is 212 Å². The van der Waals surface area contributed by atoms with Crippen LogP contribution in [-0.4, -0.2) is 35.0 Å². The second-order valence-corrected chi connectivity index (χ2v) is 8.21. The van der Waals surface area contributed by atoms with Crippen LogP contribution in [0.1, 0.15) is 15.9 Å². The van der Waals surface area contributed by atoms with Gasteiger partial charge in [-0.25, -0.2) is 14.8 Å². The average molecular weight is 494 g/mol. The Balaban J connectivity index is 1.41. The van der Waals surface area contributed by atoms with Crippen molar-refractivity contribution < 1.29 is 19.2 Å². The molecular formula is C28H23N5O4. The quantitative estimate of drug-likeness (QED) is 0.268. The van der Waals surface area contributed by atoms with E-state index in [0.717, 1.165) is 16.5 Å². The molecule has 37 heavy (non-hydrogen) atoms. The fourth-order valence-electron chi connectivity index (χ4n) is 3.94. The van der Waals surface area contributed by atoms with Crippen molar-refractivity contribution >= 4 is 40.1 Å². The fraction of sp³-hybridized carbons (Fsp3) is 0.0714. The largest absolute Gasteiger partial charge is 0.376 e. The van der Waals surface area contributed by atoms with E-state index in [1.165, 1.54) is 11.1 Å². The second-order valence-electron chi connectivity index (χ2n) is 8.21. The topological polar surface area (TPSA) is 116 Å². The van der Waals surface area contributed by atoms with Gasteiger partial charge in [-0.3, -0.25) is 9.59 Å². The standard InChI is InChI=1S/C28H23N5O4/c34-26(19-9-3-1-4-10-19)31-24(17-25-28(36)37-32-33(25)21-11-5-2-6-12-21)27(35)29-16-15-20-18-30-23-14-8-7-13-22(20)23/h1-14,17-18,30,32H,15-16H2,(H,29,35)/b25-17+,31-24?. The lowest BCUT2D eigenvalue weighted by atomic mass is 10.1. The maximum Gasteiger partial charge on any atom is 0.376 e. The van der Waals surface area contributed by atoms with Gasteiger partial charge in [0.25, 0.3) is 11.8 Å². The predicted octanol–water partition coefficient (Wildman–Crippen LogP) is 3.47. The molecule has 0 unspecified atom stereocenters. The lowest BCUT2D eigenvalue weighted by Gasteiger charge is -2.15. The molecule has 9 nitrogen and oxygen atoms in total. The van der Waals surface area contributed by atoms with Crippen LogP contribution in [0.5, 0.6) is 0 Å². The van der Waals surface area contributed by atoms with Crippen molar-refractivity contribution in [3.63, 3.8) is 0 Å². The normalized spacial score (nSPS) is 14.7. The summed E-state index contributed by atoms with van der Waals surface area (Å²) in [6, 6.07) is 25.2. The zero-order valence-corrected chi connectivity index (χ0v) is 19.7. The summed E-state index contributed by atoms with van der Waals surface area (Å²) in [5.41, 5.74) is 5.30. The molecule has 0 aliphatic carbocycles. The van der Waals surface area contributed by atoms with E-state index in [0.29, 0.717) is 24.2 Å². The number of H-pyrrole nitrogens is 1. The van der Waals surface area contributed by atoms with Crippen LogP contribution in [0.15, 0.2) is 108 Å². The van der Waals surface area contributed by atoms with Gasteiger partial charge in [0.2, 0.25) is 0 Å². The molecule has 0 bridgehead atoms. The third kappa shape index (κ3) is 5.31. The third-order valence-electron chi connectivity index (χ3n) is 5.80.